The van der Waals surface area contributed by atoms with Gasteiger partial charge in [-0.3, -0.25) is 0 Å². The van der Waals surface area contributed by atoms with Gasteiger partial charge in [0.2, 0.25) is 10.0 Å². The highest BCUT2D eigenvalue weighted by Gasteiger charge is 2.36. The Kier molecular flexibility index (Phi) is 4.22. The van der Waals surface area contributed by atoms with Crippen LogP contribution in [0, 0.1) is 5.92 Å². The molecule has 0 spiro atoms. The summed E-state index contributed by atoms with van der Waals surface area (Å²) in [6.45, 7) is 4.12. The molecule has 1 unspecified atom stereocenters. The van der Waals surface area contributed by atoms with E-state index in [1.807, 2.05) is 0 Å². The molecule has 0 heterocycles. The summed E-state index contributed by atoms with van der Waals surface area (Å²) in [5, 5.41) is -0.152. The predicted octanol–water partition coefficient (Wildman–Crippen LogP) is 1.72. The molecular formula is C9H18ClNO2S. The summed E-state index contributed by atoms with van der Waals surface area (Å²) in [4.78, 5) is 0. The SMILES string of the molecule is CC(C)CC(CCl)NS(=O)(=O)C1CC1. The van der Waals surface area contributed by atoms with Crippen LogP contribution in [0.3, 0.4) is 0 Å². The predicted molar refractivity (Wildman–Crippen MR) is 59.0 cm³/mol. The van der Waals surface area contributed by atoms with Crippen molar-refractivity contribution in [2.45, 2.75) is 44.4 Å². The Morgan fingerprint density at radius 1 is 1.43 bits per heavy atom. The van der Waals surface area contributed by atoms with E-state index in [-0.39, 0.29) is 11.3 Å². The molecule has 0 bridgehead atoms. The molecule has 0 amide bonds. The molecule has 0 radical (unpaired) electrons. The van der Waals surface area contributed by atoms with Crippen molar-refractivity contribution in [3.05, 3.63) is 0 Å². The first-order chi connectivity index (χ1) is 6.45. The van der Waals surface area contributed by atoms with Crippen LogP contribution in [-0.4, -0.2) is 25.6 Å². The van der Waals surface area contributed by atoms with Crippen molar-refractivity contribution in [3.8, 4) is 0 Å². The lowest BCUT2D eigenvalue weighted by molar-refractivity contribution is 0.485. The Balaban J connectivity index is 2.46. The minimum absolute atomic E-state index is 0.109. The number of rotatable bonds is 6. The van der Waals surface area contributed by atoms with Gasteiger partial charge in [0.05, 0.1) is 5.25 Å². The molecule has 0 aliphatic heterocycles. The maximum absolute atomic E-state index is 11.6. The maximum atomic E-state index is 11.6. The molecule has 0 aromatic heterocycles. The van der Waals surface area contributed by atoms with Crippen LogP contribution < -0.4 is 4.72 Å². The molecule has 14 heavy (non-hydrogen) atoms. The second-order valence-electron chi connectivity index (χ2n) is 4.34. The Morgan fingerprint density at radius 3 is 2.36 bits per heavy atom. The Bertz CT molecular complexity index is 273. The molecule has 0 aromatic rings. The quantitative estimate of drug-likeness (QED) is 0.718. The first kappa shape index (κ1) is 12.3. The third kappa shape index (κ3) is 3.75. The number of hydrogen-bond acceptors (Lipinski definition) is 2. The van der Waals surface area contributed by atoms with Crippen LogP contribution in [0.4, 0.5) is 0 Å². The van der Waals surface area contributed by atoms with Crippen molar-refractivity contribution in [2.75, 3.05) is 5.88 Å². The lowest BCUT2D eigenvalue weighted by Gasteiger charge is -2.17. The molecule has 1 aliphatic carbocycles. The molecular weight excluding hydrogens is 222 g/mol. The largest absolute Gasteiger partial charge is 0.214 e. The summed E-state index contributed by atoms with van der Waals surface area (Å²) in [5.41, 5.74) is 0. The minimum Gasteiger partial charge on any atom is -0.212 e. The number of hydrogen-bond donors (Lipinski definition) is 1. The van der Waals surface area contributed by atoms with Gasteiger partial charge in [0, 0.05) is 11.9 Å². The van der Waals surface area contributed by atoms with Gasteiger partial charge in [-0.15, -0.1) is 11.6 Å². The summed E-state index contributed by atoms with van der Waals surface area (Å²) in [7, 11) is -3.08. The van der Waals surface area contributed by atoms with Gasteiger partial charge in [-0.25, -0.2) is 13.1 Å². The van der Waals surface area contributed by atoms with Crippen molar-refractivity contribution < 1.29 is 8.42 Å². The van der Waals surface area contributed by atoms with Crippen molar-refractivity contribution in [3.63, 3.8) is 0 Å². The normalized spacial score (nSPS) is 20.0. The van der Waals surface area contributed by atoms with E-state index in [1.54, 1.807) is 0 Å². The number of nitrogens with one attached hydrogen (secondary N) is 1. The van der Waals surface area contributed by atoms with Gasteiger partial charge in [0.1, 0.15) is 0 Å². The van der Waals surface area contributed by atoms with E-state index in [0.29, 0.717) is 11.8 Å². The van der Waals surface area contributed by atoms with E-state index < -0.39 is 10.0 Å². The Hall–Kier alpha value is 0.200. The van der Waals surface area contributed by atoms with Gasteiger partial charge in [-0.05, 0) is 25.2 Å². The topological polar surface area (TPSA) is 46.2 Å². The van der Waals surface area contributed by atoms with E-state index in [2.05, 4.69) is 18.6 Å². The summed E-state index contributed by atoms with van der Waals surface area (Å²) in [6, 6.07) is -0.109. The average Bonchev–Trinajstić information content (AvgIpc) is 2.83. The smallest absolute Gasteiger partial charge is 0.212 e. The zero-order valence-electron chi connectivity index (χ0n) is 8.66. The highest BCUT2D eigenvalue weighted by atomic mass is 35.5. The van der Waals surface area contributed by atoms with Crippen molar-refractivity contribution >= 4 is 21.6 Å². The first-order valence-corrected chi connectivity index (χ1v) is 7.11. The van der Waals surface area contributed by atoms with Gasteiger partial charge in [0.15, 0.2) is 0 Å². The number of sulfonamides is 1. The monoisotopic (exact) mass is 239 g/mol. The van der Waals surface area contributed by atoms with Crippen LogP contribution in [0.15, 0.2) is 0 Å². The van der Waals surface area contributed by atoms with Gasteiger partial charge in [-0.2, -0.15) is 0 Å². The molecule has 1 atom stereocenters. The first-order valence-electron chi connectivity index (χ1n) is 5.03. The van der Waals surface area contributed by atoms with Crippen molar-refractivity contribution in [1.29, 1.82) is 0 Å². The molecule has 1 rings (SSSR count). The van der Waals surface area contributed by atoms with Crippen molar-refractivity contribution in [2.24, 2.45) is 5.92 Å². The molecule has 1 fully saturated rings. The van der Waals surface area contributed by atoms with E-state index >= 15 is 0 Å². The lowest BCUT2D eigenvalue weighted by atomic mass is 10.1. The summed E-state index contributed by atoms with van der Waals surface area (Å²) >= 11 is 5.72. The summed E-state index contributed by atoms with van der Waals surface area (Å²) in [6.07, 6.45) is 2.40. The fourth-order valence-electron chi connectivity index (χ4n) is 1.42. The highest BCUT2D eigenvalue weighted by molar-refractivity contribution is 7.90. The minimum atomic E-state index is -3.08. The standard InChI is InChI=1S/C9H18ClNO2S/c1-7(2)5-8(6-10)11-14(12,13)9-3-4-9/h7-9,11H,3-6H2,1-2H3. The number of halogens is 1. The summed E-state index contributed by atoms with van der Waals surface area (Å²) < 4.78 is 25.8. The third-order valence-corrected chi connectivity index (χ3v) is 4.62. The van der Waals surface area contributed by atoms with Crippen LogP contribution >= 0.6 is 11.6 Å². The Morgan fingerprint density at radius 2 is 2.00 bits per heavy atom. The zero-order valence-corrected chi connectivity index (χ0v) is 10.2. The lowest BCUT2D eigenvalue weighted by Crippen LogP contribution is -2.39. The molecule has 0 aromatic carbocycles. The fraction of sp³-hybridized carbons (Fsp3) is 1.00. The van der Waals surface area contributed by atoms with Crippen molar-refractivity contribution in [1.82, 2.24) is 4.72 Å². The fourth-order valence-corrected chi connectivity index (χ4v) is 3.31. The Labute approximate surface area is 91.3 Å². The van der Waals surface area contributed by atoms with E-state index in [0.717, 1.165) is 19.3 Å². The molecule has 1 aliphatic rings. The van der Waals surface area contributed by atoms with Crippen LogP contribution in [0.5, 0.6) is 0 Å². The van der Waals surface area contributed by atoms with E-state index in [9.17, 15) is 8.42 Å². The van der Waals surface area contributed by atoms with Crippen LogP contribution in [0.1, 0.15) is 33.1 Å². The van der Waals surface area contributed by atoms with E-state index in [4.69, 9.17) is 11.6 Å². The van der Waals surface area contributed by atoms with E-state index in [1.165, 1.54) is 0 Å². The molecule has 5 heteroatoms. The number of alkyl halides is 1. The third-order valence-electron chi connectivity index (χ3n) is 2.24. The molecule has 0 saturated heterocycles. The highest BCUT2D eigenvalue weighted by Crippen LogP contribution is 2.28. The average molecular weight is 240 g/mol. The zero-order chi connectivity index (χ0) is 10.8. The molecule has 3 nitrogen and oxygen atoms in total. The maximum Gasteiger partial charge on any atom is 0.214 e. The van der Waals surface area contributed by atoms with Gasteiger partial charge in [0.25, 0.3) is 0 Å². The molecule has 1 N–H and O–H groups in total. The van der Waals surface area contributed by atoms with Gasteiger partial charge < -0.3 is 0 Å². The summed E-state index contributed by atoms with van der Waals surface area (Å²) in [5.74, 6) is 0.810. The van der Waals surface area contributed by atoms with Crippen LogP contribution in [0.25, 0.3) is 0 Å². The van der Waals surface area contributed by atoms with Crippen LogP contribution in [-0.2, 0) is 10.0 Å². The van der Waals surface area contributed by atoms with Gasteiger partial charge >= 0.3 is 0 Å². The molecule has 1 saturated carbocycles. The van der Waals surface area contributed by atoms with Crippen LogP contribution in [0.2, 0.25) is 0 Å². The van der Waals surface area contributed by atoms with Gasteiger partial charge in [-0.1, -0.05) is 13.8 Å². The second-order valence-corrected chi connectivity index (χ2v) is 6.64. The second kappa shape index (κ2) is 4.81. The molecule has 84 valence electrons.